The highest BCUT2D eigenvalue weighted by molar-refractivity contribution is 9.10. The minimum Gasteiger partial charge on any atom is -0.439 e. The van der Waals surface area contributed by atoms with Crippen LogP contribution in [-0.2, 0) is 6.54 Å². The van der Waals surface area contributed by atoms with Crippen LogP contribution in [0.15, 0.2) is 43.5 Å². The normalized spacial score (nSPS) is 10.9. The molecule has 1 heterocycles. The number of aryl methyl sites for hydroxylation is 1. The van der Waals surface area contributed by atoms with Crippen LogP contribution >= 0.6 is 27.7 Å². The fraction of sp³-hybridized carbons (Fsp3) is 0.357. The highest BCUT2D eigenvalue weighted by atomic mass is 79.9. The lowest BCUT2D eigenvalue weighted by Crippen LogP contribution is -2.13. The van der Waals surface area contributed by atoms with Gasteiger partial charge in [0.25, 0.3) is 5.22 Å². The molecule has 0 amide bonds. The van der Waals surface area contributed by atoms with Crippen LogP contribution in [0.2, 0.25) is 0 Å². The van der Waals surface area contributed by atoms with Gasteiger partial charge in [-0.25, -0.2) is 4.98 Å². The largest absolute Gasteiger partial charge is 0.439 e. The Kier molecular flexibility index (Phi) is 5.48. The third-order valence-electron chi connectivity index (χ3n) is 2.55. The van der Waals surface area contributed by atoms with Gasteiger partial charge < -0.3 is 9.73 Å². The number of oxazole rings is 1. The summed E-state index contributed by atoms with van der Waals surface area (Å²) in [5.74, 6) is 0. The number of nitrogens with zero attached hydrogens (tertiary/aromatic N) is 1. The third-order valence-corrected chi connectivity index (χ3v) is 4.40. The highest BCUT2D eigenvalue weighted by Gasteiger charge is 2.07. The third kappa shape index (κ3) is 4.37. The van der Waals surface area contributed by atoms with Crippen molar-refractivity contribution in [1.82, 2.24) is 10.3 Å². The molecule has 0 fully saturated rings. The zero-order valence-electron chi connectivity index (χ0n) is 11.1. The molecule has 0 saturated carbocycles. The molecule has 0 saturated heterocycles. The van der Waals surface area contributed by atoms with Crippen molar-refractivity contribution in [2.24, 2.45) is 0 Å². The highest BCUT2D eigenvalue weighted by Crippen LogP contribution is 2.33. The summed E-state index contributed by atoms with van der Waals surface area (Å²) in [6.45, 7) is 6.03. The minimum absolute atomic E-state index is 0.676. The molecule has 0 aliphatic carbocycles. The first-order valence-electron chi connectivity index (χ1n) is 6.28. The first-order valence-corrected chi connectivity index (χ1v) is 7.89. The molecule has 5 heteroatoms. The molecule has 102 valence electrons. The Bertz CT molecular complexity index is 542. The Morgan fingerprint density at radius 3 is 2.89 bits per heavy atom. The molecule has 1 aromatic carbocycles. The van der Waals surface area contributed by atoms with Gasteiger partial charge in [0.2, 0.25) is 0 Å². The van der Waals surface area contributed by atoms with E-state index in [0.717, 1.165) is 34.6 Å². The molecule has 0 radical (unpaired) electrons. The van der Waals surface area contributed by atoms with Crippen LogP contribution in [0, 0.1) is 6.92 Å². The molecule has 1 aromatic heterocycles. The Labute approximate surface area is 126 Å². The smallest absolute Gasteiger partial charge is 0.260 e. The van der Waals surface area contributed by atoms with E-state index < -0.39 is 0 Å². The lowest BCUT2D eigenvalue weighted by Gasteiger charge is -2.06. The van der Waals surface area contributed by atoms with Gasteiger partial charge in [0.15, 0.2) is 0 Å². The molecule has 0 atom stereocenters. The van der Waals surface area contributed by atoms with E-state index in [4.69, 9.17) is 4.42 Å². The maximum atomic E-state index is 5.35. The number of hydrogen-bond acceptors (Lipinski definition) is 4. The van der Waals surface area contributed by atoms with Crippen molar-refractivity contribution < 1.29 is 4.42 Å². The van der Waals surface area contributed by atoms with Crippen molar-refractivity contribution in [2.75, 3.05) is 6.54 Å². The molecule has 0 bridgehead atoms. The topological polar surface area (TPSA) is 38.1 Å². The Morgan fingerprint density at radius 1 is 1.42 bits per heavy atom. The average Bonchev–Trinajstić information content (AvgIpc) is 2.79. The summed E-state index contributed by atoms with van der Waals surface area (Å²) < 4.78 is 6.42. The van der Waals surface area contributed by atoms with Crippen molar-refractivity contribution in [3.8, 4) is 0 Å². The molecule has 0 aliphatic heterocycles. The van der Waals surface area contributed by atoms with E-state index in [9.17, 15) is 0 Å². The zero-order chi connectivity index (χ0) is 13.7. The molecule has 3 nitrogen and oxygen atoms in total. The molecular formula is C14H17BrN2OS. The standard InChI is InChI=1S/C14H17BrN2OS/c1-3-6-16-8-11-4-5-13(12(15)7-11)19-14-17-10(2)9-18-14/h4-5,7,9,16H,3,6,8H2,1-2H3. The van der Waals surface area contributed by atoms with Gasteiger partial charge in [-0.05, 0) is 65.3 Å². The van der Waals surface area contributed by atoms with E-state index in [1.807, 2.05) is 6.92 Å². The predicted octanol–water partition coefficient (Wildman–Crippen LogP) is 4.40. The van der Waals surface area contributed by atoms with Crippen molar-refractivity contribution in [1.29, 1.82) is 0 Å². The molecule has 1 N–H and O–H groups in total. The van der Waals surface area contributed by atoms with Gasteiger partial charge in [0, 0.05) is 15.9 Å². The van der Waals surface area contributed by atoms with E-state index in [-0.39, 0.29) is 0 Å². The van der Waals surface area contributed by atoms with E-state index in [2.05, 4.69) is 51.4 Å². The summed E-state index contributed by atoms with van der Waals surface area (Å²) in [5, 5.41) is 4.07. The number of aromatic nitrogens is 1. The van der Waals surface area contributed by atoms with E-state index in [1.165, 1.54) is 17.3 Å². The lowest BCUT2D eigenvalue weighted by atomic mass is 10.2. The van der Waals surface area contributed by atoms with Crippen LogP contribution in [0.1, 0.15) is 24.6 Å². The molecule has 0 spiro atoms. The number of nitrogens with one attached hydrogen (secondary N) is 1. The quantitative estimate of drug-likeness (QED) is 0.791. The summed E-state index contributed by atoms with van der Waals surface area (Å²) in [6, 6.07) is 6.36. The van der Waals surface area contributed by atoms with E-state index in [0.29, 0.717) is 5.22 Å². The van der Waals surface area contributed by atoms with Gasteiger partial charge >= 0.3 is 0 Å². The van der Waals surface area contributed by atoms with Gasteiger partial charge in [-0.15, -0.1) is 0 Å². The van der Waals surface area contributed by atoms with Crippen molar-refractivity contribution in [3.05, 3.63) is 40.2 Å². The van der Waals surface area contributed by atoms with E-state index in [1.54, 1.807) is 6.26 Å². The minimum atomic E-state index is 0.676. The van der Waals surface area contributed by atoms with Crippen LogP contribution < -0.4 is 5.32 Å². The monoisotopic (exact) mass is 340 g/mol. The van der Waals surface area contributed by atoms with Gasteiger partial charge in [0.1, 0.15) is 6.26 Å². The second kappa shape index (κ2) is 7.12. The molecule has 0 unspecified atom stereocenters. The summed E-state index contributed by atoms with van der Waals surface area (Å²) in [6.07, 6.45) is 2.82. The summed E-state index contributed by atoms with van der Waals surface area (Å²) in [5.41, 5.74) is 2.17. The Hall–Kier alpha value is -0.780. The van der Waals surface area contributed by atoms with Gasteiger partial charge in [-0.1, -0.05) is 13.0 Å². The van der Waals surface area contributed by atoms with Crippen LogP contribution in [-0.4, -0.2) is 11.5 Å². The predicted molar refractivity (Wildman–Crippen MR) is 81.5 cm³/mol. The van der Waals surface area contributed by atoms with Crippen molar-refractivity contribution >= 4 is 27.7 Å². The average molecular weight is 341 g/mol. The number of rotatable bonds is 6. The Morgan fingerprint density at radius 2 is 2.26 bits per heavy atom. The fourth-order valence-electron chi connectivity index (χ4n) is 1.62. The van der Waals surface area contributed by atoms with Gasteiger partial charge in [-0.2, -0.15) is 0 Å². The van der Waals surface area contributed by atoms with E-state index >= 15 is 0 Å². The second-order valence-corrected chi connectivity index (χ2v) is 6.15. The van der Waals surface area contributed by atoms with Crippen molar-refractivity contribution in [2.45, 2.75) is 36.9 Å². The second-order valence-electron chi connectivity index (χ2n) is 4.30. The number of benzene rings is 1. The molecule has 19 heavy (non-hydrogen) atoms. The first-order chi connectivity index (χ1) is 9.19. The number of halogens is 1. The molecule has 2 rings (SSSR count). The fourth-order valence-corrected chi connectivity index (χ4v) is 3.06. The zero-order valence-corrected chi connectivity index (χ0v) is 13.5. The maximum Gasteiger partial charge on any atom is 0.260 e. The SMILES string of the molecule is CCCNCc1ccc(Sc2nc(C)co2)c(Br)c1. The van der Waals surface area contributed by atoms with Crippen LogP contribution in [0.25, 0.3) is 0 Å². The van der Waals surface area contributed by atoms with Crippen LogP contribution in [0.4, 0.5) is 0 Å². The first kappa shape index (κ1) is 14.6. The summed E-state index contributed by atoms with van der Waals surface area (Å²) in [7, 11) is 0. The Balaban J connectivity index is 2.02. The summed E-state index contributed by atoms with van der Waals surface area (Å²) in [4.78, 5) is 5.41. The van der Waals surface area contributed by atoms with Gasteiger partial charge in [0.05, 0.1) is 5.69 Å². The number of hydrogen-bond donors (Lipinski definition) is 1. The molecular weight excluding hydrogens is 324 g/mol. The summed E-state index contributed by atoms with van der Waals surface area (Å²) >= 11 is 5.13. The van der Waals surface area contributed by atoms with Crippen LogP contribution in [0.3, 0.4) is 0 Å². The van der Waals surface area contributed by atoms with Crippen molar-refractivity contribution in [3.63, 3.8) is 0 Å². The molecule has 0 aliphatic rings. The maximum absolute atomic E-state index is 5.35. The molecule has 2 aromatic rings. The van der Waals surface area contributed by atoms with Gasteiger partial charge in [-0.3, -0.25) is 0 Å². The lowest BCUT2D eigenvalue weighted by molar-refractivity contribution is 0.454. The van der Waals surface area contributed by atoms with Crippen LogP contribution in [0.5, 0.6) is 0 Å².